The topological polar surface area (TPSA) is 158 Å². The number of ether oxygens (including phenoxy) is 2. The Bertz CT molecular complexity index is 2620. The number of rotatable bonds is 12. The zero-order valence-electron chi connectivity index (χ0n) is 45.3. The monoisotopic (exact) mass is 1050 g/mol. The van der Waals surface area contributed by atoms with E-state index in [-0.39, 0.29) is 22.3 Å². The number of hydrogen-bond acceptors (Lipinski definition) is 18. The van der Waals surface area contributed by atoms with Crippen molar-refractivity contribution in [2.45, 2.75) is 122 Å². The van der Waals surface area contributed by atoms with Gasteiger partial charge in [-0.05, 0) is 133 Å². The van der Waals surface area contributed by atoms with Crippen molar-refractivity contribution in [2.24, 2.45) is 0 Å². The minimum atomic E-state index is 0. The molecule has 4 fully saturated rings. The normalized spacial score (nSPS) is 17.1. The Balaban J connectivity index is 0.000000209. The lowest BCUT2D eigenvalue weighted by molar-refractivity contribution is 0.0689. The molecule has 0 unspecified atom stereocenters. The van der Waals surface area contributed by atoms with E-state index in [9.17, 15) is 0 Å². The first-order chi connectivity index (χ1) is 35.3. The molecule has 0 saturated carbocycles. The highest BCUT2D eigenvalue weighted by molar-refractivity contribution is 5.60. The predicted octanol–water partition coefficient (Wildman–Crippen LogP) is 10.1. The second-order valence-corrected chi connectivity index (χ2v) is 20.5. The summed E-state index contributed by atoms with van der Waals surface area (Å²) in [5.41, 5.74) is 6.15. The fraction of sp³-hybridized carbons (Fsp3) is 0.586. The highest BCUT2D eigenvalue weighted by Crippen LogP contribution is 2.31. The molecule has 0 radical (unpaired) electrons. The summed E-state index contributed by atoms with van der Waals surface area (Å²) in [6, 6.07) is 23.2. The van der Waals surface area contributed by atoms with E-state index in [1.807, 2.05) is 62.4 Å². The van der Waals surface area contributed by atoms with E-state index in [1.165, 1.54) is 31.7 Å². The number of anilines is 3. The van der Waals surface area contributed by atoms with Crippen molar-refractivity contribution in [3.63, 3.8) is 0 Å². The zero-order valence-corrected chi connectivity index (χ0v) is 45.3. The third-order valence-electron chi connectivity index (χ3n) is 14.8. The molecule has 7 heterocycles. The largest absolute Gasteiger partial charge is 0.496 e. The van der Waals surface area contributed by atoms with Gasteiger partial charge in [0.1, 0.15) is 11.5 Å². The van der Waals surface area contributed by atoms with E-state index in [2.05, 4.69) is 125 Å². The molecule has 18 nitrogen and oxygen atoms in total. The lowest BCUT2D eigenvalue weighted by Crippen LogP contribution is -2.54. The third kappa shape index (κ3) is 15.3. The maximum atomic E-state index is 6.00. The molecule has 4 aliphatic rings. The second-order valence-electron chi connectivity index (χ2n) is 20.5. The molecule has 4 saturated heterocycles. The van der Waals surface area contributed by atoms with Crippen molar-refractivity contribution in [2.75, 3.05) is 121 Å². The van der Waals surface area contributed by atoms with Gasteiger partial charge < -0.3 is 37.6 Å². The standard InChI is InChI=1S/C22H33N5O2.C17H24N4O2.C16H22N4O.3CH4/c1-16(2)25-11-13-26(14-12-25)19-7-9-27(10-8-19)22-24-23-21(29-22)18-6-5-17(3)20(15-18)28-4;1-12(2)20-7-9-21(10-8-20)17-18-16(23-19-17)14-6-5-13(3)15(11-14)22-4;1-12(2)19-8-10-20(11-9-19)16-17-15(21-18-16)14-6-4-13(3)5-7-14;;;/h5-6,15-16,19H,7-14H2,1-4H3;5-6,11-12H,7-10H2,1-4H3;4-7,12H,8-11H2,1-3H3;3*1H4. The number of aryl methyl sites for hydroxylation is 3. The van der Waals surface area contributed by atoms with E-state index >= 15 is 0 Å². The van der Waals surface area contributed by atoms with Gasteiger partial charge in [-0.15, -0.1) is 5.10 Å². The van der Waals surface area contributed by atoms with Crippen LogP contribution in [-0.2, 0) is 0 Å². The molecule has 0 amide bonds. The Kier molecular flexibility index (Phi) is 22.7. The van der Waals surface area contributed by atoms with E-state index in [1.54, 1.807) is 14.2 Å². The summed E-state index contributed by atoms with van der Waals surface area (Å²) in [7, 11) is 3.35. The molecule has 3 aromatic carbocycles. The number of hydrogen-bond donors (Lipinski definition) is 0. The summed E-state index contributed by atoms with van der Waals surface area (Å²) in [6.45, 7) is 34.2. The average molecular weight is 1050 g/mol. The van der Waals surface area contributed by atoms with Crippen LogP contribution in [0, 0.1) is 20.8 Å². The van der Waals surface area contributed by atoms with Gasteiger partial charge in [0, 0.05) is 132 Å². The number of methoxy groups -OCH3 is 2. The quantitative estimate of drug-likeness (QED) is 0.114. The molecule has 18 heteroatoms. The number of aromatic nitrogens is 6. The fourth-order valence-corrected chi connectivity index (χ4v) is 9.90. The van der Waals surface area contributed by atoms with Gasteiger partial charge in [-0.1, -0.05) is 57.2 Å². The Hall–Kier alpha value is -6.08. The molecule has 418 valence electrons. The molecule has 0 bridgehead atoms. The summed E-state index contributed by atoms with van der Waals surface area (Å²) in [6.07, 6.45) is 2.30. The molecule has 3 aromatic heterocycles. The molecule has 76 heavy (non-hydrogen) atoms. The van der Waals surface area contributed by atoms with Gasteiger partial charge in [-0.2, -0.15) is 9.97 Å². The summed E-state index contributed by atoms with van der Waals surface area (Å²) in [5.74, 6) is 4.71. The molecule has 6 aromatic rings. The second kappa shape index (κ2) is 28.3. The SMILES string of the molecule is C.C.C.COc1cc(-c2nc(N3CCN(C(C)C)CC3)no2)ccc1C.COc1cc(-c2nnc(N3CCC(N4CCN(C(C)C)CC4)CC3)o2)ccc1C.Cc1ccc(-c2nc(N3CCN(C(C)C)CC3)no2)cc1. The maximum absolute atomic E-state index is 6.00. The summed E-state index contributed by atoms with van der Waals surface area (Å²) in [5, 5.41) is 16.9. The minimum absolute atomic E-state index is 0. The molecule has 0 spiro atoms. The van der Waals surface area contributed by atoms with Gasteiger partial charge in [0.15, 0.2) is 0 Å². The van der Waals surface area contributed by atoms with Crippen LogP contribution in [0.1, 0.15) is 93.4 Å². The van der Waals surface area contributed by atoms with Gasteiger partial charge in [-0.25, -0.2) is 0 Å². The first-order valence-electron chi connectivity index (χ1n) is 26.4. The zero-order chi connectivity index (χ0) is 51.6. The molecular weight excluding hydrogens is 959 g/mol. The predicted molar refractivity (Wildman–Crippen MR) is 308 cm³/mol. The summed E-state index contributed by atoms with van der Waals surface area (Å²) >= 11 is 0. The van der Waals surface area contributed by atoms with Gasteiger partial charge in [0.25, 0.3) is 23.7 Å². The lowest BCUT2D eigenvalue weighted by Gasteiger charge is -2.43. The number of piperidine rings is 1. The smallest absolute Gasteiger partial charge is 0.318 e. The van der Waals surface area contributed by atoms with Crippen LogP contribution in [0.3, 0.4) is 0 Å². The van der Waals surface area contributed by atoms with Crippen LogP contribution in [0.15, 0.2) is 74.1 Å². The fourth-order valence-electron chi connectivity index (χ4n) is 9.90. The summed E-state index contributed by atoms with van der Waals surface area (Å²) < 4.78 is 27.6. The van der Waals surface area contributed by atoms with Gasteiger partial charge in [0.05, 0.1) is 14.2 Å². The van der Waals surface area contributed by atoms with E-state index < -0.39 is 0 Å². The van der Waals surface area contributed by atoms with Crippen LogP contribution in [0.25, 0.3) is 34.4 Å². The van der Waals surface area contributed by atoms with Gasteiger partial charge in [0.2, 0.25) is 5.89 Å². The Morgan fingerprint density at radius 1 is 0.474 bits per heavy atom. The molecular formula is C58H91N13O5. The van der Waals surface area contributed by atoms with Crippen molar-refractivity contribution < 1.29 is 22.9 Å². The van der Waals surface area contributed by atoms with Crippen molar-refractivity contribution in [3.05, 3.63) is 77.4 Å². The lowest BCUT2D eigenvalue weighted by atomic mass is 10.0. The van der Waals surface area contributed by atoms with Crippen LogP contribution in [0.5, 0.6) is 11.5 Å². The van der Waals surface area contributed by atoms with Crippen molar-refractivity contribution in [3.8, 4) is 45.9 Å². The van der Waals surface area contributed by atoms with Crippen molar-refractivity contribution in [1.29, 1.82) is 0 Å². The maximum Gasteiger partial charge on any atom is 0.318 e. The highest BCUT2D eigenvalue weighted by Gasteiger charge is 2.30. The summed E-state index contributed by atoms with van der Waals surface area (Å²) in [4.78, 5) is 25.9. The molecule has 10 rings (SSSR count). The Morgan fingerprint density at radius 2 is 0.882 bits per heavy atom. The number of benzene rings is 3. The first kappa shape index (κ1) is 60.8. The molecule has 0 atom stereocenters. The number of piperazine rings is 3. The number of nitrogens with zero attached hydrogens (tertiary/aromatic N) is 13. The molecule has 4 aliphatic heterocycles. The average Bonchev–Trinajstić information content (AvgIpc) is 4.23. The Morgan fingerprint density at radius 3 is 1.32 bits per heavy atom. The van der Waals surface area contributed by atoms with Crippen LogP contribution in [0.4, 0.5) is 17.9 Å². The van der Waals surface area contributed by atoms with E-state index in [4.69, 9.17) is 22.9 Å². The van der Waals surface area contributed by atoms with Crippen LogP contribution < -0.4 is 24.2 Å². The third-order valence-corrected chi connectivity index (χ3v) is 14.8. The molecule has 0 N–H and O–H groups in total. The highest BCUT2D eigenvalue weighted by atomic mass is 16.5. The van der Waals surface area contributed by atoms with Crippen LogP contribution in [0.2, 0.25) is 0 Å². The van der Waals surface area contributed by atoms with E-state index in [0.717, 1.165) is 118 Å². The van der Waals surface area contributed by atoms with Crippen molar-refractivity contribution >= 4 is 17.9 Å². The van der Waals surface area contributed by atoms with Crippen LogP contribution in [-0.4, -0.2) is 180 Å². The van der Waals surface area contributed by atoms with Crippen molar-refractivity contribution in [1.82, 2.24) is 50.1 Å². The van der Waals surface area contributed by atoms with E-state index in [0.29, 0.717) is 59.8 Å². The van der Waals surface area contributed by atoms with Gasteiger partial charge >= 0.3 is 6.01 Å². The minimum Gasteiger partial charge on any atom is -0.496 e. The first-order valence-corrected chi connectivity index (χ1v) is 26.4. The van der Waals surface area contributed by atoms with Crippen LogP contribution >= 0.6 is 0 Å². The Labute approximate surface area is 454 Å². The molecule has 0 aliphatic carbocycles. The van der Waals surface area contributed by atoms with Gasteiger partial charge in [-0.3, -0.25) is 19.6 Å².